The summed E-state index contributed by atoms with van der Waals surface area (Å²) in [4.78, 5) is 0. The smallest absolute Gasteiger partial charge is 0.158 e. The van der Waals surface area contributed by atoms with Crippen LogP contribution in [0.15, 0.2) is 42.5 Å². The predicted molar refractivity (Wildman–Crippen MR) is 74.7 cm³/mol. The van der Waals surface area contributed by atoms with Gasteiger partial charge in [-0.2, -0.15) is 5.26 Å². The average Bonchev–Trinajstić information content (AvgIpc) is 2.39. The summed E-state index contributed by atoms with van der Waals surface area (Å²) in [6, 6.07) is 13.4. The number of allylic oxidation sites excluding steroid dienone is 1. The Morgan fingerprint density at radius 1 is 1.11 bits per heavy atom. The fraction of sp³-hybridized carbons (Fsp3) is 0. The molecular formula is C15H10ClNO2. The van der Waals surface area contributed by atoms with Crippen molar-refractivity contribution in [3.63, 3.8) is 0 Å². The molecule has 2 aromatic carbocycles. The molecule has 2 rings (SSSR count). The summed E-state index contributed by atoms with van der Waals surface area (Å²) in [5.41, 5.74) is 1.69. The zero-order valence-electron chi connectivity index (χ0n) is 9.84. The molecule has 0 fully saturated rings. The SMILES string of the molecule is N#CC(=Cc1cccc(Cl)c1)c1ccc(O)c(O)c1. The minimum atomic E-state index is -0.259. The fourth-order valence-corrected chi connectivity index (χ4v) is 1.83. The van der Waals surface area contributed by atoms with E-state index in [1.54, 1.807) is 30.3 Å². The van der Waals surface area contributed by atoms with Crippen LogP contribution in [0.25, 0.3) is 11.6 Å². The number of nitriles is 1. The van der Waals surface area contributed by atoms with E-state index in [-0.39, 0.29) is 11.5 Å². The minimum absolute atomic E-state index is 0.219. The largest absolute Gasteiger partial charge is 0.504 e. The number of halogens is 1. The van der Waals surface area contributed by atoms with Gasteiger partial charge in [-0.3, -0.25) is 0 Å². The second-order valence-corrected chi connectivity index (χ2v) is 4.36. The average molecular weight is 272 g/mol. The predicted octanol–water partition coefficient (Wildman–Crippen LogP) is 3.82. The Labute approximate surface area is 115 Å². The lowest BCUT2D eigenvalue weighted by Crippen LogP contribution is -1.82. The van der Waals surface area contributed by atoms with Gasteiger partial charge in [-0.25, -0.2) is 0 Å². The normalized spacial score (nSPS) is 11.1. The third-order valence-electron chi connectivity index (χ3n) is 2.57. The summed E-state index contributed by atoms with van der Waals surface area (Å²) in [5, 5.41) is 28.5. The van der Waals surface area contributed by atoms with Gasteiger partial charge in [0.2, 0.25) is 0 Å². The molecule has 0 radical (unpaired) electrons. The number of phenols is 2. The van der Waals surface area contributed by atoms with Gasteiger partial charge in [0, 0.05) is 5.02 Å². The molecule has 0 aliphatic heterocycles. The Morgan fingerprint density at radius 3 is 2.53 bits per heavy atom. The third-order valence-corrected chi connectivity index (χ3v) is 2.80. The highest BCUT2D eigenvalue weighted by atomic mass is 35.5. The molecule has 0 saturated heterocycles. The van der Waals surface area contributed by atoms with Crippen LogP contribution in [0.1, 0.15) is 11.1 Å². The molecule has 0 bridgehead atoms. The van der Waals surface area contributed by atoms with E-state index in [9.17, 15) is 15.5 Å². The van der Waals surface area contributed by atoms with Crippen LogP contribution in [0.3, 0.4) is 0 Å². The molecule has 0 spiro atoms. The Bertz CT molecular complexity index is 687. The van der Waals surface area contributed by atoms with Gasteiger partial charge in [-0.1, -0.05) is 23.7 Å². The van der Waals surface area contributed by atoms with Crippen LogP contribution < -0.4 is 0 Å². The van der Waals surface area contributed by atoms with Crippen molar-refractivity contribution < 1.29 is 10.2 Å². The highest BCUT2D eigenvalue weighted by molar-refractivity contribution is 6.30. The first-order valence-corrected chi connectivity index (χ1v) is 5.87. The van der Waals surface area contributed by atoms with Crippen LogP contribution in [0.2, 0.25) is 5.02 Å². The molecule has 2 aromatic rings. The Kier molecular flexibility index (Phi) is 3.74. The topological polar surface area (TPSA) is 64.2 Å². The van der Waals surface area contributed by atoms with E-state index in [4.69, 9.17) is 11.6 Å². The van der Waals surface area contributed by atoms with Crippen molar-refractivity contribution in [1.29, 1.82) is 5.26 Å². The number of phenolic OH excluding ortho intramolecular Hbond substituents is 2. The quantitative estimate of drug-likeness (QED) is 0.496. The maximum absolute atomic E-state index is 9.45. The maximum atomic E-state index is 9.45. The molecule has 0 aliphatic rings. The van der Waals surface area contributed by atoms with Crippen LogP contribution in [0, 0.1) is 11.3 Å². The summed E-state index contributed by atoms with van der Waals surface area (Å²) in [6.45, 7) is 0. The number of rotatable bonds is 2. The van der Waals surface area contributed by atoms with Crippen molar-refractivity contribution in [3.8, 4) is 17.6 Å². The zero-order chi connectivity index (χ0) is 13.8. The van der Waals surface area contributed by atoms with E-state index in [0.29, 0.717) is 16.2 Å². The van der Waals surface area contributed by atoms with Crippen LogP contribution in [-0.4, -0.2) is 10.2 Å². The first-order valence-electron chi connectivity index (χ1n) is 5.50. The summed E-state index contributed by atoms with van der Waals surface area (Å²) < 4.78 is 0. The second kappa shape index (κ2) is 5.47. The van der Waals surface area contributed by atoms with Crippen molar-refractivity contribution in [2.45, 2.75) is 0 Å². The second-order valence-electron chi connectivity index (χ2n) is 3.93. The van der Waals surface area contributed by atoms with Gasteiger partial charge in [0.15, 0.2) is 11.5 Å². The monoisotopic (exact) mass is 271 g/mol. The van der Waals surface area contributed by atoms with Crippen molar-refractivity contribution >= 4 is 23.3 Å². The van der Waals surface area contributed by atoms with E-state index in [2.05, 4.69) is 6.07 Å². The zero-order valence-corrected chi connectivity index (χ0v) is 10.6. The van der Waals surface area contributed by atoms with Gasteiger partial charge in [0.25, 0.3) is 0 Å². The molecule has 0 unspecified atom stereocenters. The van der Waals surface area contributed by atoms with Gasteiger partial charge in [0.05, 0.1) is 11.6 Å². The van der Waals surface area contributed by atoms with Crippen molar-refractivity contribution in [2.75, 3.05) is 0 Å². The van der Waals surface area contributed by atoms with Crippen molar-refractivity contribution in [1.82, 2.24) is 0 Å². The van der Waals surface area contributed by atoms with E-state index >= 15 is 0 Å². The van der Waals surface area contributed by atoms with Crippen molar-refractivity contribution in [3.05, 3.63) is 58.6 Å². The molecule has 94 valence electrons. The Morgan fingerprint density at radius 2 is 1.89 bits per heavy atom. The first-order chi connectivity index (χ1) is 9.10. The third kappa shape index (κ3) is 3.06. The molecule has 0 aliphatic carbocycles. The number of hydrogen-bond acceptors (Lipinski definition) is 3. The molecule has 0 atom stereocenters. The lowest BCUT2D eigenvalue weighted by molar-refractivity contribution is 0.403. The molecule has 3 nitrogen and oxygen atoms in total. The summed E-state index contributed by atoms with van der Waals surface area (Å²) in [6.07, 6.45) is 1.66. The molecule has 0 saturated carbocycles. The maximum Gasteiger partial charge on any atom is 0.158 e. The summed E-state index contributed by atoms with van der Waals surface area (Å²) in [5.74, 6) is -0.478. The summed E-state index contributed by atoms with van der Waals surface area (Å²) in [7, 11) is 0. The van der Waals surface area contributed by atoms with E-state index in [1.165, 1.54) is 12.1 Å². The highest BCUT2D eigenvalue weighted by Gasteiger charge is 2.05. The van der Waals surface area contributed by atoms with Crippen molar-refractivity contribution in [2.24, 2.45) is 0 Å². The molecule has 2 N–H and O–H groups in total. The van der Waals surface area contributed by atoms with Crippen LogP contribution >= 0.6 is 11.6 Å². The first kappa shape index (κ1) is 13.0. The van der Waals surface area contributed by atoms with Crippen LogP contribution in [0.5, 0.6) is 11.5 Å². The highest BCUT2D eigenvalue weighted by Crippen LogP contribution is 2.29. The molecule has 0 aromatic heterocycles. The summed E-state index contributed by atoms with van der Waals surface area (Å²) >= 11 is 5.88. The van der Waals surface area contributed by atoms with Gasteiger partial charge >= 0.3 is 0 Å². The molecular weight excluding hydrogens is 262 g/mol. The van der Waals surface area contributed by atoms with Gasteiger partial charge in [0.1, 0.15) is 0 Å². The molecule has 4 heteroatoms. The number of nitrogens with zero attached hydrogens (tertiary/aromatic N) is 1. The van der Waals surface area contributed by atoms with Gasteiger partial charge in [-0.15, -0.1) is 0 Å². The standard InChI is InChI=1S/C15H10ClNO2/c16-13-3-1-2-10(7-13)6-12(9-17)11-4-5-14(18)15(19)8-11/h1-8,18-19H. The van der Waals surface area contributed by atoms with E-state index in [1.807, 2.05) is 6.07 Å². The van der Waals surface area contributed by atoms with Gasteiger partial charge in [-0.05, 0) is 47.5 Å². The Balaban J connectivity index is 2.45. The molecule has 19 heavy (non-hydrogen) atoms. The minimum Gasteiger partial charge on any atom is -0.504 e. The fourth-order valence-electron chi connectivity index (χ4n) is 1.63. The van der Waals surface area contributed by atoms with Crippen LogP contribution in [-0.2, 0) is 0 Å². The lowest BCUT2D eigenvalue weighted by Gasteiger charge is -2.03. The lowest BCUT2D eigenvalue weighted by atomic mass is 10.0. The number of hydrogen-bond donors (Lipinski definition) is 2. The van der Waals surface area contributed by atoms with Gasteiger partial charge < -0.3 is 10.2 Å². The number of benzene rings is 2. The van der Waals surface area contributed by atoms with E-state index < -0.39 is 0 Å². The van der Waals surface area contributed by atoms with Crippen LogP contribution in [0.4, 0.5) is 0 Å². The molecule has 0 amide bonds. The Hall–Kier alpha value is -2.44. The molecule has 0 heterocycles. The number of aromatic hydroxyl groups is 2. The van der Waals surface area contributed by atoms with E-state index in [0.717, 1.165) is 5.56 Å².